The predicted octanol–water partition coefficient (Wildman–Crippen LogP) is 2.21. The van der Waals surface area contributed by atoms with Gasteiger partial charge < -0.3 is 19.4 Å². The van der Waals surface area contributed by atoms with E-state index in [4.69, 9.17) is 9.47 Å². The van der Waals surface area contributed by atoms with Gasteiger partial charge in [-0.25, -0.2) is 4.98 Å². The molecule has 1 aromatic heterocycles. The average molecular weight is 267 g/mol. The second kappa shape index (κ2) is 7.50. The van der Waals surface area contributed by atoms with Gasteiger partial charge in [0, 0.05) is 39.6 Å². The topological polar surface area (TPSA) is 48.3 Å². The Hall–Kier alpha value is -1.07. The Balaban J connectivity index is 1.80. The fourth-order valence-corrected chi connectivity index (χ4v) is 2.43. The van der Waals surface area contributed by atoms with Crippen LogP contribution in [0.3, 0.4) is 0 Å². The van der Waals surface area contributed by atoms with Gasteiger partial charge in [-0.1, -0.05) is 0 Å². The maximum atomic E-state index is 5.66. The van der Waals surface area contributed by atoms with Gasteiger partial charge in [-0.3, -0.25) is 0 Å². The number of hydrogen-bond acceptors (Lipinski definition) is 4. The maximum Gasteiger partial charge on any atom is 0.203 e. The Morgan fingerprint density at radius 1 is 1.58 bits per heavy atom. The van der Waals surface area contributed by atoms with Crippen molar-refractivity contribution in [2.24, 2.45) is 0 Å². The molecule has 0 bridgehead atoms. The van der Waals surface area contributed by atoms with E-state index in [1.807, 2.05) is 6.92 Å². The number of aromatic nitrogens is 2. The third kappa shape index (κ3) is 4.51. The zero-order chi connectivity index (χ0) is 13.5. The van der Waals surface area contributed by atoms with Crippen molar-refractivity contribution >= 4 is 5.95 Å². The number of aryl methyl sites for hydroxylation is 2. The van der Waals surface area contributed by atoms with Crippen LogP contribution < -0.4 is 5.32 Å². The highest BCUT2D eigenvalue weighted by molar-refractivity contribution is 5.28. The van der Waals surface area contributed by atoms with E-state index in [1.165, 1.54) is 12.8 Å². The van der Waals surface area contributed by atoms with Crippen LogP contribution in [0.1, 0.15) is 31.4 Å². The van der Waals surface area contributed by atoms with Crippen molar-refractivity contribution in [3.8, 4) is 0 Å². The summed E-state index contributed by atoms with van der Waals surface area (Å²) < 4.78 is 12.9. The van der Waals surface area contributed by atoms with E-state index in [2.05, 4.69) is 21.1 Å². The first kappa shape index (κ1) is 14.3. The van der Waals surface area contributed by atoms with E-state index in [-0.39, 0.29) is 0 Å². The molecular weight excluding hydrogens is 242 g/mol. The molecule has 0 amide bonds. The minimum atomic E-state index is 0.434. The van der Waals surface area contributed by atoms with Crippen molar-refractivity contribution in [2.45, 2.75) is 45.3 Å². The van der Waals surface area contributed by atoms with Gasteiger partial charge in [-0.05, 0) is 32.6 Å². The summed E-state index contributed by atoms with van der Waals surface area (Å²) in [6.07, 6.45) is 7.01. The standard InChI is InChI=1S/C14H25N3O2/c1-12-11-17(8-6-13-5-3-10-19-13)14(16-12)15-7-4-9-18-2/h11,13H,3-10H2,1-2H3,(H,15,16). The zero-order valence-electron chi connectivity index (χ0n) is 12.0. The number of imidazole rings is 1. The molecule has 1 N–H and O–H groups in total. The van der Waals surface area contributed by atoms with Gasteiger partial charge in [0.15, 0.2) is 0 Å². The van der Waals surface area contributed by atoms with Crippen LogP contribution in [0.5, 0.6) is 0 Å². The Kier molecular flexibility index (Phi) is 5.66. The molecule has 1 aliphatic heterocycles. The van der Waals surface area contributed by atoms with E-state index in [0.29, 0.717) is 6.10 Å². The van der Waals surface area contributed by atoms with Crippen molar-refractivity contribution in [3.63, 3.8) is 0 Å². The van der Waals surface area contributed by atoms with E-state index in [1.54, 1.807) is 7.11 Å². The molecule has 0 saturated carbocycles. The van der Waals surface area contributed by atoms with Crippen molar-refractivity contribution in [1.82, 2.24) is 9.55 Å². The molecule has 0 aliphatic carbocycles. The van der Waals surface area contributed by atoms with E-state index < -0.39 is 0 Å². The number of ether oxygens (including phenoxy) is 2. The number of hydrogen-bond donors (Lipinski definition) is 1. The van der Waals surface area contributed by atoms with Crippen LogP contribution in [0.4, 0.5) is 5.95 Å². The Morgan fingerprint density at radius 2 is 2.47 bits per heavy atom. The number of nitrogens with one attached hydrogen (secondary N) is 1. The summed E-state index contributed by atoms with van der Waals surface area (Å²) in [4.78, 5) is 4.52. The largest absolute Gasteiger partial charge is 0.385 e. The molecule has 1 aliphatic rings. The molecule has 0 spiro atoms. The summed E-state index contributed by atoms with van der Waals surface area (Å²) in [6, 6.07) is 0. The Morgan fingerprint density at radius 3 is 3.21 bits per heavy atom. The molecule has 1 fully saturated rings. The van der Waals surface area contributed by atoms with Gasteiger partial charge in [0.1, 0.15) is 0 Å². The van der Waals surface area contributed by atoms with Crippen molar-refractivity contribution in [1.29, 1.82) is 0 Å². The predicted molar refractivity (Wildman–Crippen MR) is 75.5 cm³/mol. The second-order valence-corrected chi connectivity index (χ2v) is 5.10. The van der Waals surface area contributed by atoms with Gasteiger partial charge in [0.05, 0.1) is 11.8 Å². The molecule has 0 radical (unpaired) electrons. The third-order valence-electron chi connectivity index (χ3n) is 3.42. The van der Waals surface area contributed by atoms with E-state index in [9.17, 15) is 0 Å². The number of nitrogens with zero attached hydrogens (tertiary/aromatic N) is 2. The van der Waals surface area contributed by atoms with Crippen LogP contribution in [0.25, 0.3) is 0 Å². The lowest BCUT2D eigenvalue weighted by Gasteiger charge is -2.12. The van der Waals surface area contributed by atoms with E-state index in [0.717, 1.165) is 50.8 Å². The molecule has 108 valence electrons. The number of anilines is 1. The average Bonchev–Trinajstić information content (AvgIpc) is 3.02. The van der Waals surface area contributed by atoms with Gasteiger partial charge in [0.2, 0.25) is 5.95 Å². The molecule has 19 heavy (non-hydrogen) atoms. The lowest BCUT2D eigenvalue weighted by molar-refractivity contribution is 0.100. The minimum absolute atomic E-state index is 0.434. The lowest BCUT2D eigenvalue weighted by atomic mass is 10.2. The van der Waals surface area contributed by atoms with Gasteiger partial charge in [-0.2, -0.15) is 0 Å². The summed E-state index contributed by atoms with van der Waals surface area (Å²) in [6.45, 7) is 5.60. The van der Waals surface area contributed by atoms with Gasteiger partial charge in [0.25, 0.3) is 0 Å². The highest BCUT2D eigenvalue weighted by Crippen LogP contribution is 2.18. The van der Waals surface area contributed by atoms with Gasteiger partial charge >= 0.3 is 0 Å². The van der Waals surface area contributed by atoms with Crippen LogP contribution in [0.15, 0.2) is 6.20 Å². The number of rotatable bonds is 8. The van der Waals surface area contributed by atoms with Crippen LogP contribution in [-0.2, 0) is 16.0 Å². The van der Waals surface area contributed by atoms with E-state index >= 15 is 0 Å². The van der Waals surface area contributed by atoms with Crippen LogP contribution in [0.2, 0.25) is 0 Å². The highest BCUT2D eigenvalue weighted by atomic mass is 16.5. The molecule has 0 aromatic carbocycles. The fraction of sp³-hybridized carbons (Fsp3) is 0.786. The smallest absolute Gasteiger partial charge is 0.203 e. The summed E-state index contributed by atoms with van der Waals surface area (Å²) in [5.41, 5.74) is 1.06. The monoisotopic (exact) mass is 267 g/mol. The van der Waals surface area contributed by atoms with Crippen molar-refractivity contribution in [3.05, 3.63) is 11.9 Å². The van der Waals surface area contributed by atoms with Crippen LogP contribution >= 0.6 is 0 Å². The van der Waals surface area contributed by atoms with Gasteiger partial charge in [-0.15, -0.1) is 0 Å². The Bertz CT molecular complexity index is 373. The Labute approximate surface area is 115 Å². The van der Waals surface area contributed by atoms with Crippen molar-refractivity contribution in [2.75, 3.05) is 32.2 Å². The molecule has 5 nitrogen and oxygen atoms in total. The van der Waals surface area contributed by atoms with Crippen LogP contribution in [0, 0.1) is 6.92 Å². The van der Waals surface area contributed by atoms with Crippen molar-refractivity contribution < 1.29 is 9.47 Å². The normalized spacial score (nSPS) is 18.9. The second-order valence-electron chi connectivity index (χ2n) is 5.10. The molecule has 2 heterocycles. The summed E-state index contributed by atoms with van der Waals surface area (Å²) >= 11 is 0. The minimum Gasteiger partial charge on any atom is -0.385 e. The lowest BCUT2D eigenvalue weighted by Crippen LogP contribution is -2.13. The molecule has 5 heteroatoms. The molecule has 2 rings (SSSR count). The SMILES string of the molecule is COCCCNc1nc(C)cn1CCC1CCCO1. The summed E-state index contributed by atoms with van der Waals surface area (Å²) in [5, 5.41) is 3.38. The number of methoxy groups -OCH3 is 1. The summed E-state index contributed by atoms with van der Waals surface area (Å²) in [5.74, 6) is 0.964. The maximum absolute atomic E-state index is 5.66. The highest BCUT2D eigenvalue weighted by Gasteiger charge is 2.16. The molecule has 1 aromatic rings. The quantitative estimate of drug-likeness (QED) is 0.734. The molecule has 1 saturated heterocycles. The first-order chi connectivity index (χ1) is 9.29. The van der Waals surface area contributed by atoms with Crippen LogP contribution in [-0.4, -0.2) is 42.5 Å². The molecule has 1 atom stereocenters. The molecule has 1 unspecified atom stereocenters. The first-order valence-electron chi connectivity index (χ1n) is 7.18. The zero-order valence-corrected chi connectivity index (χ0v) is 12.0. The molecular formula is C14H25N3O2. The fourth-order valence-electron chi connectivity index (χ4n) is 2.43. The summed E-state index contributed by atoms with van der Waals surface area (Å²) in [7, 11) is 1.73. The third-order valence-corrected chi connectivity index (χ3v) is 3.42. The first-order valence-corrected chi connectivity index (χ1v) is 7.18.